The first-order valence-electron chi connectivity index (χ1n) is 11.5. The second-order valence-corrected chi connectivity index (χ2v) is 8.59. The molecule has 0 aliphatic heterocycles. The van der Waals surface area contributed by atoms with Crippen molar-refractivity contribution < 1.29 is 24.2 Å². The largest absolute Gasteiger partial charge is 0.481 e. The van der Waals surface area contributed by atoms with Gasteiger partial charge in [-0.05, 0) is 48.2 Å². The summed E-state index contributed by atoms with van der Waals surface area (Å²) in [6.07, 6.45) is -0.836. The minimum atomic E-state index is -0.984. The Bertz CT molecular complexity index is 1210. The number of hydrogen-bond donors (Lipinski definition) is 2. The number of carbonyl (C=O) groups excluding carboxylic acids is 2. The number of hydrogen-bond acceptors (Lipinski definition) is 5. The predicted molar refractivity (Wildman–Crippen MR) is 131 cm³/mol. The van der Waals surface area contributed by atoms with Crippen LogP contribution >= 0.6 is 0 Å². The fourth-order valence-corrected chi connectivity index (χ4v) is 4.32. The Labute approximate surface area is 203 Å². The first kappa shape index (κ1) is 23.9. The lowest BCUT2D eigenvalue weighted by Crippen LogP contribution is -2.39. The summed E-state index contributed by atoms with van der Waals surface area (Å²) in [5, 5.41) is 11.6. The van der Waals surface area contributed by atoms with E-state index >= 15 is 0 Å². The highest BCUT2D eigenvalue weighted by molar-refractivity contribution is 5.93. The number of nitrogens with zero attached hydrogens (tertiary/aromatic N) is 2. The molecule has 0 saturated carbocycles. The van der Waals surface area contributed by atoms with E-state index in [9.17, 15) is 14.4 Å². The Kier molecular flexibility index (Phi) is 7.10. The fraction of sp³-hybridized carbons (Fsp3) is 0.259. The van der Waals surface area contributed by atoms with E-state index in [1.165, 1.54) is 11.0 Å². The second-order valence-electron chi connectivity index (χ2n) is 8.59. The number of carbonyl (C=O) groups is 3. The maximum absolute atomic E-state index is 12.9. The zero-order chi connectivity index (χ0) is 24.9. The number of amides is 2. The quantitative estimate of drug-likeness (QED) is 0.488. The number of carboxylic acids is 1. The summed E-state index contributed by atoms with van der Waals surface area (Å²) in [7, 11) is 0. The van der Waals surface area contributed by atoms with Crippen LogP contribution in [0.2, 0.25) is 0 Å². The molecule has 0 radical (unpaired) electrons. The number of pyridine rings is 1. The Morgan fingerprint density at radius 1 is 0.971 bits per heavy atom. The van der Waals surface area contributed by atoms with Crippen molar-refractivity contribution in [2.75, 3.05) is 18.5 Å². The van der Waals surface area contributed by atoms with Crippen LogP contribution in [-0.2, 0) is 9.53 Å². The van der Waals surface area contributed by atoms with Gasteiger partial charge in [-0.1, -0.05) is 54.6 Å². The van der Waals surface area contributed by atoms with Crippen LogP contribution in [0.5, 0.6) is 0 Å². The molecule has 8 nitrogen and oxygen atoms in total. The third-order valence-corrected chi connectivity index (χ3v) is 5.99. The maximum Gasteiger partial charge on any atom is 0.412 e. The van der Waals surface area contributed by atoms with Crippen molar-refractivity contribution >= 4 is 23.8 Å². The number of aromatic nitrogens is 1. The minimum Gasteiger partial charge on any atom is -0.481 e. The molecule has 2 amide bonds. The second kappa shape index (κ2) is 10.4. The Morgan fingerprint density at radius 2 is 1.60 bits per heavy atom. The standard InChI is InChI=1S/C27H27N3O5/c1-17(2)30(15-14-25(31)32)26(33)23-12-7-13-24(28-23)29-27(34)35-16-22-20-10-5-3-8-18(20)19-9-4-6-11-21(19)22/h3-13,17,22H,14-16H2,1-2H3,(H,31,32)(H,28,29,34). The van der Waals surface area contributed by atoms with Gasteiger partial charge in [0.25, 0.3) is 5.91 Å². The van der Waals surface area contributed by atoms with Crippen LogP contribution in [0.3, 0.4) is 0 Å². The van der Waals surface area contributed by atoms with Gasteiger partial charge in [0.05, 0.1) is 6.42 Å². The molecule has 0 saturated heterocycles. The molecule has 180 valence electrons. The summed E-state index contributed by atoms with van der Waals surface area (Å²) >= 11 is 0. The molecule has 1 aromatic heterocycles. The van der Waals surface area contributed by atoms with E-state index < -0.39 is 18.0 Å². The number of fused-ring (bicyclic) bond motifs is 3. The highest BCUT2D eigenvalue weighted by Gasteiger charge is 2.29. The minimum absolute atomic E-state index is 0.0668. The summed E-state index contributed by atoms with van der Waals surface area (Å²) in [6.45, 7) is 3.84. The number of carboxylic acid groups (broad SMARTS) is 1. The molecule has 0 atom stereocenters. The average molecular weight is 474 g/mol. The van der Waals surface area contributed by atoms with Crippen LogP contribution in [0.25, 0.3) is 11.1 Å². The SMILES string of the molecule is CC(C)N(CCC(=O)O)C(=O)c1cccc(NC(=O)OCC2c3ccccc3-c3ccccc32)n1. The summed E-state index contributed by atoms with van der Waals surface area (Å²) in [5.74, 6) is -1.28. The molecular weight excluding hydrogens is 446 g/mol. The van der Waals surface area contributed by atoms with Crippen LogP contribution in [0, 0.1) is 0 Å². The molecule has 1 aliphatic rings. The van der Waals surface area contributed by atoms with E-state index in [2.05, 4.69) is 22.4 Å². The smallest absolute Gasteiger partial charge is 0.412 e. The summed E-state index contributed by atoms with van der Waals surface area (Å²) in [5.41, 5.74) is 4.62. The van der Waals surface area contributed by atoms with E-state index in [1.807, 2.05) is 36.4 Å². The summed E-state index contributed by atoms with van der Waals surface area (Å²) in [4.78, 5) is 42.1. The zero-order valence-corrected chi connectivity index (χ0v) is 19.6. The van der Waals surface area contributed by atoms with Gasteiger partial charge in [0.2, 0.25) is 0 Å². The monoisotopic (exact) mass is 473 g/mol. The van der Waals surface area contributed by atoms with Gasteiger partial charge in [0.1, 0.15) is 18.1 Å². The lowest BCUT2D eigenvalue weighted by Gasteiger charge is -2.25. The Balaban J connectivity index is 1.42. The van der Waals surface area contributed by atoms with Crippen LogP contribution in [0.15, 0.2) is 66.7 Å². The van der Waals surface area contributed by atoms with Gasteiger partial charge in [0.15, 0.2) is 0 Å². The molecule has 1 heterocycles. The zero-order valence-electron chi connectivity index (χ0n) is 19.6. The number of anilines is 1. The van der Waals surface area contributed by atoms with Crippen LogP contribution in [-0.4, -0.2) is 52.2 Å². The number of benzene rings is 2. The van der Waals surface area contributed by atoms with E-state index in [4.69, 9.17) is 9.84 Å². The molecule has 4 rings (SSSR count). The van der Waals surface area contributed by atoms with Crippen LogP contribution in [0.1, 0.15) is 47.8 Å². The van der Waals surface area contributed by atoms with Crippen molar-refractivity contribution in [3.8, 4) is 11.1 Å². The lowest BCUT2D eigenvalue weighted by molar-refractivity contribution is -0.137. The fourth-order valence-electron chi connectivity index (χ4n) is 4.32. The molecule has 2 N–H and O–H groups in total. The van der Waals surface area contributed by atoms with E-state index in [-0.39, 0.29) is 43.0 Å². The molecule has 8 heteroatoms. The number of rotatable bonds is 8. The summed E-state index contributed by atoms with van der Waals surface area (Å²) < 4.78 is 5.54. The molecule has 3 aromatic rings. The average Bonchev–Trinajstić information content (AvgIpc) is 3.16. The Morgan fingerprint density at radius 3 is 2.20 bits per heavy atom. The van der Waals surface area contributed by atoms with Crippen molar-refractivity contribution in [3.63, 3.8) is 0 Å². The van der Waals surface area contributed by atoms with Crippen molar-refractivity contribution in [2.24, 2.45) is 0 Å². The highest BCUT2D eigenvalue weighted by atomic mass is 16.5. The Hall–Kier alpha value is -4.20. The highest BCUT2D eigenvalue weighted by Crippen LogP contribution is 2.44. The normalized spacial score (nSPS) is 12.1. The van der Waals surface area contributed by atoms with Gasteiger partial charge in [-0.3, -0.25) is 14.9 Å². The van der Waals surface area contributed by atoms with Crippen molar-refractivity contribution in [1.29, 1.82) is 0 Å². The molecule has 0 unspecified atom stereocenters. The van der Waals surface area contributed by atoms with Gasteiger partial charge in [0, 0.05) is 18.5 Å². The third-order valence-electron chi connectivity index (χ3n) is 5.99. The molecule has 0 fully saturated rings. The van der Waals surface area contributed by atoms with Gasteiger partial charge in [-0.25, -0.2) is 9.78 Å². The summed E-state index contributed by atoms with van der Waals surface area (Å²) in [6, 6.07) is 20.7. The van der Waals surface area contributed by atoms with Gasteiger partial charge in [-0.2, -0.15) is 0 Å². The molecule has 0 spiro atoms. The maximum atomic E-state index is 12.9. The van der Waals surface area contributed by atoms with E-state index in [1.54, 1.807) is 26.0 Å². The molecule has 1 aliphatic carbocycles. The number of aliphatic carboxylic acids is 1. The van der Waals surface area contributed by atoms with Gasteiger partial charge >= 0.3 is 12.1 Å². The van der Waals surface area contributed by atoms with Crippen molar-refractivity contribution in [1.82, 2.24) is 9.88 Å². The molecule has 2 aromatic carbocycles. The van der Waals surface area contributed by atoms with E-state index in [0.717, 1.165) is 22.3 Å². The predicted octanol–water partition coefficient (Wildman–Crippen LogP) is 4.77. The van der Waals surface area contributed by atoms with E-state index in [0.29, 0.717) is 0 Å². The number of ether oxygens (including phenoxy) is 1. The van der Waals surface area contributed by atoms with Crippen LogP contribution in [0.4, 0.5) is 10.6 Å². The van der Waals surface area contributed by atoms with Gasteiger partial charge < -0.3 is 14.7 Å². The lowest BCUT2D eigenvalue weighted by atomic mass is 9.98. The molecule has 35 heavy (non-hydrogen) atoms. The number of nitrogens with one attached hydrogen (secondary N) is 1. The first-order valence-corrected chi connectivity index (χ1v) is 11.5. The molecular formula is C27H27N3O5. The van der Waals surface area contributed by atoms with Crippen LogP contribution < -0.4 is 5.32 Å². The topological polar surface area (TPSA) is 109 Å². The molecule has 0 bridgehead atoms. The van der Waals surface area contributed by atoms with Crippen molar-refractivity contribution in [3.05, 3.63) is 83.6 Å². The van der Waals surface area contributed by atoms with Crippen molar-refractivity contribution in [2.45, 2.75) is 32.2 Å². The first-order chi connectivity index (χ1) is 16.8. The third kappa shape index (κ3) is 5.32. The van der Waals surface area contributed by atoms with Gasteiger partial charge in [-0.15, -0.1) is 0 Å².